The van der Waals surface area contributed by atoms with Gasteiger partial charge in [0.25, 0.3) is 0 Å². The van der Waals surface area contributed by atoms with E-state index in [0.29, 0.717) is 0 Å². The van der Waals surface area contributed by atoms with Crippen LogP contribution >= 0.6 is 11.8 Å². The molecule has 0 aliphatic heterocycles. The normalized spacial score (nSPS) is 15.8. The van der Waals surface area contributed by atoms with E-state index in [1.54, 1.807) is 19.1 Å². The molecule has 0 heterocycles. The SMILES string of the molecule is CC(O)C(C)Sc1ccc(S(N)(=O)=O)cc1. The van der Waals surface area contributed by atoms with E-state index < -0.39 is 16.1 Å². The molecule has 1 rings (SSSR count). The molecule has 6 heteroatoms. The Morgan fingerprint density at radius 1 is 1.25 bits per heavy atom. The van der Waals surface area contributed by atoms with E-state index in [0.717, 1.165) is 4.90 Å². The van der Waals surface area contributed by atoms with Crippen molar-refractivity contribution in [3.8, 4) is 0 Å². The first-order valence-electron chi connectivity index (χ1n) is 4.78. The second-order valence-electron chi connectivity index (χ2n) is 3.58. The van der Waals surface area contributed by atoms with Gasteiger partial charge in [0.05, 0.1) is 11.0 Å². The van der Waals surface area contributed by atoms with Crippen LogP contribution in [0.5, 0.6) is 0 Å². The second kappa shape index (κ2) is 5.18. The number of primary sulfonamides is 1. The zero-order valence-electron chi connectivity index (χ0n) is 9.12. The third kappa shape index (κ3) is 3.79. The van der Waals surface area contributed by atoms with E-state index in [1.807, 2.05) is 6.92 Å². The average molecular weight is 261 g/mol. The third-order valence-electron chi connectivity index (χ3n) is 2.15. The molecule has 90 valence electrons. The summed E-state index contributed by atoms with van der Waals surface area (Å²) in [5.41, 5.74) is 0. The summed E-state index contributed by atoms with van der Waals surface area (Å²) in [4.78, 5) is 1.00. The number of aliphatic hydroxyl groups is 1. The van der Waals surface area contributed by atoms with Crippen molar-refractivity contribution in [2.24, 2.45) is 5.14 Å². The van der Waals surface area contributed by atoms with Gasteiger partial charge in [-0.05, 0) is 31.2 Å². The molecule has 1 aromatic rings. The number of rotatable bonds is 4. The Labute approximate surface area is 99.9 Å². The molecule has 0 fully saturated rings. The molecular weight excluding hydrogens is 246 g/mol. The Morgan fingerprint density at radius 3 is 2.12 bits per heavy atom. The zero-order chi connectivity index (χ0) is 12.3. The number of hydrogen-bond acceptors (Lipinski definition) is 4. The van der Waals surface area contributed by atoms with Gasteiger partial charge < -0.3 is 5.11 Å². The molecule has 1 aromatic carbocycles. The van der Waals surface area contributed by atoms with Crippen molar-refractivity contribution < 1.29 is 13.5 Å². The lowest BCUT2D eigenvalue weighted by Crippen LogP contribution is -2.15. The molecule has 0 saturated carbocycles. The highest BCUT2D eigenvalue weighted by atomic mass is 32.2. The Kier molecular flexibility index (Phi) is 4.37. The van der Waals surface area contributed by atoms with Gasteiger partial charge >= 0.3 is 0 Å². The Morgan fingerprint density at radius 2 is 1.75 bits per heavy atom. The van der Waals surface area contributed by atoms with Crippen LogP contribution in [-0.4, -0.2) is 24.9 Å². The maximum Gasteiger partial charge on any atom is 0.238 e. The maximum atomic E-state index is 11.0. The maximum absolute atomic E-state index is 11.0. The molecule has 16 heavy (non-hydrogen) atoms. The highest BCUT2D eigenvalue weighted by Gasteiger charge is 2.11. The predicted molar refractivity (Wildman–Crippen MR) is 64.8 cm³/mol. The van der Waals surface area contributed by atoms with Crippen LogP contribution in [-0.2, 0) is 10.0 Å². The minimum Gasteiger partial charge on any atom is -0.392 e. The summed E-state index contributed by atoms with van der Waals surface area (Å²) < 4.78 is 22.0. The average Bonchev–Trinajstić information content (AvgIpc) is 2.17. The third-order valence-corrected chi connectivity index (χ3v) is 4.39. The fourth-order valence-electron chi connectivity index (χ4n) is 1.02. The van der Waals surface area contributed by atoms with Crippen molar-refractivity contribution in [1.29, 1.82) is 0 Å². The summed E-state index contributed by atoms with van der Waals surface area (Å²) in [6.07, 6.45) is -0.414. The van der Waals surface area contributed by atoms with Crippen LogP contribution < -0.4 is 5.14 Å². The van der Waals surface area contributed by atoms with Gasteiger partial charge in [-0.25, -0.2) is 13.6 Å². The van der Waals surface area contributed by atoms with E-state index >= 15 is 0 Å². The molecule has 0 saturated heterocycles. The minimum atomic E-state index is -3.62. The largest absolute Gasteiger partial charge is 0.392 e. The Hall–Kier alpha value is -0.560. The molecule has 2 atom stereocenters. The molecular formula is C10H15NO3S2. The van der Waals surface area contributed by atoms with Gasteiger partial charge in [-0.1, -0.05) is 6.92 Å². The van der Waals surface area contributed by atoms with Crippen molar-refractivity contribution >= 4 is 21.8 Å². The molecule has 0 amide bonds. The quantitative estimate of drug-likeness (QED) is 0.798. The predicted octanol–water partition coefficient (Wildman–Crippen LogP) is 1.20. The van der Waals surface area contributed by atoms with E-state index in [9.17, 15) is 13.5 Å². The number of benzene rings is 1. The van der Waals surface area contributed by atoms with Gasteiger partial charge in [-0.2, -0.15) is 0 Å². The van der Waals surface area contributed by atoms with Crippen molar-refractivity contribution in [3.05, 3.63) is 24.3 Å². The van der Waals surface area contributed by atoms with Crippen molar-refractivity contribution in [1.82, 2.24) is 0 Å². The number of aliphatic hydroxyl groups excluding tert-OH is 1. The van der Waals surface area contributed by atoms with Crippen LogP contribution in [0.4, 0.5) is 0 Å². The van der Waals surface area contributed by atoms with Gasteiger partial charge in [0.2, 0.25) is 10.0 Å². The summed E-state index contributed by atoms with van der Waals surface area (Å²) in [5, 5.41) is 14.4. The van der Waals surface area contributed by atoms with Crippen LogP contribution in [0.25, 0.3) is 0 Å². The topological polar surface area (TPSA) is 80.4 Å². The van der Waals surface area contributed by atoms with Crippen molar-refractivity contribution in [3.63, 3.8) is 0 Å². The molecule has 0 spiro atoms. The van der Waals surface area contributed by atoms with E-state index in [1.165, 1.54) is 23.9 Å². The highest BCUT2D eigenvalue weighted by Crippen LogP contribution is 2.25. The Bertz CT molecular complexity index is 440. The van der Waals surface area contributed by atoms with Crippen LogP contribution in [0, 0.1) is 0 Å². The monoisotopic (exact) mass is 261 g/mol. The molecule has 4 nitrogen and oxygen atoms in total. The lowest BCUT2D eigenvalue weighted by atomic mass is 10.3. The first-order valence-corrected chi connectivity index (χ1v) is 7.21. The fraction of sp³-hybridized carbons (Fsp3) is 0.400. The van der Waals surface area contributed by atoms with Gasteiger partial charge in [0.15, 0.2) is 0 Å². The van der Waals surface area contributed by atoms with Crippen molar-refractivity contribution in [2.45, 2.75) is 35.0 Å². The lowest BCUT2D eigenvalue weighted by Gasteiger charge is -2.13. The first-order chi connectivity index (χ1) is 7.30. The van der Waals surface area contributed by atoms with E-state index in [2.05, 4.69) is 0 Å². The molecule has 0 aliphatic carbocycles. The second-order valence-corrected chi connectivity index (χ2v) is 6.59. The summed E-state index contributed by atoms with van der Waals surface area (Å²) in [7, 11) is -3.62. The molecule has 0 radical (unpaired) electrons. The summed E-state index contributed by atoms with van der Waals surface area (Å²) in [5.74, 6) is 0. The van der Waals surface area contributed by atoms with E-state index in [-0.39, 0.29) is 10.1 Å². The van der Waals surface area contributed by atoms with Crippen molar-refractivity contribution in [2.75, 3.05) is 0 Å². The fourth-order valence-corrected chi connectivity index (χ4v) is 2.46. The summed E-state index contributed by atoms with van der Waals surface area (Å²) in [6.45, 7) is 3.62. The summed E-state index contributed by atoms with van der Waals surface area (Å²) in [6, 6.07) is 6.30. The smallest absolute Gasteiger partial charge is 0.238 e. The zero-order valence-corrected chi connectivity index (χ0v) is 10.8. The van der Waals surface area contributed by atoms with Gasteiger partial charge in [0, 0.05) is 10.1 Å². The lowest BCUT2D eigenvalue weighted by molar-refractivity contribution is 0.196. The number of thioether (sulfide) groups is 1. The standard InChI is InChI=1S/C10H15NO3S2/c1-7(12)8(2)15-9-3-5-10(6-4-9)16(11,13)14/h3-8,12H,1-2H3,(H2,11,13,14). The molecule has 3 N–H and O–H groups in total. The van der Waals surface area contributed by atoms with Crippen LogP contribution in [0.1, 0.15) is 13.8 Å². The van der Waals surface area contributed by atoms with Crippen LogP contribution in [0.15, 0.2) is 34.1 Å². The Balaban J connectivity index is 2.80. The number of hydrogen-bond donors (Lipinski definition) is 2. The van der Waals surface area contributed by atoms with Crippen LogP contribution in [0.2, 0.25) is 0 Å². The molecule has 0 aromatic heterocycles. The molecule has 2 unspecified atom stereocenters. The van der Waals surface area contributed by atoms with Gasteiger partial charge in [-0.15, -0.1) is 11.8 Å². The molecule has 0 aliphatic rings. The van der Waals surface area contributed by atoms with Gasteiger partial charge in [0.1, 0.15) is 0 Å². The number of sulfonamides is 1. The highest BCUT2D eigenvalue weighted by molar-refractivity contribution is 8.00. The number of nitrogens with two attached hydrogens (primary N) is 1. The van der Waals surface area contributed by atoms with Crippen LogP contribution in [0.3, 0.4) is 0 Å². The summed E-state index contributed by atoms with van der Waals surface area (Å²) >= 11 is 1.49. The first kappa shape index (κ1) is 13.5. The molecule has 0 bridgehead atoms. The minimum absolute atomic E-state index is 0.0559. The van der Waals surface area contributed by atoms with E-state index in [4.69, 9.17) is 5.14 Å². The van der Waals surface area contributed by atoms with Gasteiger partial charge in [-0.3, -0.25) is 0 Å².